The molecule has 1 atom stereocenters. The lowest BCUT2D eigenvalue weighted by Gasteiger charge is -2.35. The number of hydrogen-bond acceptors (Lipinski definition) is 3. The van der Waals surface area contributed by atoms with Crippen molar-refractivity contribution >= 4 is 17.5 Å². The van der Waals surface area contributed by atoms with Crippen LogP contribution < -0.4 is 5.32 Å². The zero-order valence-corrected chi connectivity index (χ0v) is 13.5. The van der Waals surface area contributed by atoms with E-state index in [0.29, 0.717) is 18.1 Å². The SMILES string of the molecule is CNC(=O)[C@H]1Cc2ccccc2CN1Cc1ncc(Cl)n1C. The summed E-state index contributed by atoms with van der Waals surface area (Å²) in [5.74, 6) is 0.896. The molecular formula is C16H19ClN4O. The summed E-state index contributed by atoms with van der Waals surface area (Å²) < 4.78 is 1.85. The van der Waals surface area contributed by atoms with Gasteiger partial charge in [-0.05, 0) is 17.5 Å². The van der Waals surface area contributed by atoms with Gasteiger partial charge in [-0.15, -0.1) is 0 Å². The Morgan fingerprint density at radius 2 is 2.14 bits per heavy atom. The number of fused-ring (bicyclic) bond motifs is 1. The summed E-state index contributed by atoms with van der Waals surface area (Å²) in [6.45, 7) is 1.33. The number of amides is 1. The lowest BCUT2D eigenvalue weighted by Crippen LogP contribution is -2.49. The molecule has 0 saturated heterocycles. The van der Waals surface area contributed by atoms with Gasteiger partial charge in [0.15, 0.2) is 0 Å². The fraction of sp³-hybridized carbons (Fsp3) is 0.375. The summed E-state index contributed by atoms with van der Waals surface area (Å²) in [7, 11) is 3.57. The molecule has 22 heavy (non-hydrogen) atoms. The molecule has 1 N–H and O–H groups in total. The number of imidazole rings is 1. The molecule has 0 unspecified atom stereocenters. The first-order chi connectivity index (χ1) is 10.6. The lowest BCUT2D eigenvalue weighted by molar-refractivity contribution is -0.126. The molecule has 5 nitrogen and oxygen atoms in total. The van der Waals surface area contributed by atoms with E-state index in [-0.39, 0.29) is 11.9 Å². The predicted molar refractivity (Wildman–Crippen MR) is 85.5 cm³/mol. The molecule has 0 radical (unpaired) electrons. The number of nitrogens with one attached hydrogen (secondary N) is 1. The fourth-order valence-corrected chi connectivity index (χ4v) is 3.07. The molecule has 1 aromatic carbocycles. The second-order valence-corrected chi connectivity index (χ2v) is 5.95. The van der Waals surface area contributed by atoms with Crippen LogP contribution in [-0.2, 0) is 31.4 Å². The third-order valence-electron chi connectivity index (χ3n) is 4.27. The van der Waals surface area contributed by atoms with Crippen molar-refractivity contribution in [2.45, 2.75) is 25.6 Å². The van der Waals surface area contributed by atoms with Crippen LogP contribution in [0.2, 0.25) is 5.15 Å². The number of aromatic nitrogens is 2. The Hall–Kier alpha value is -1.85. The number of likely N-dealkylation sites (N-methyl/N-ethyl adjacent to an activating group) is 1. The fourth-order valence-electron chi connectivity index (χ4n) is 2.92. The summed E-state index contributed by atoms with van der Waals surface area (Å²) in [6, 6.07) is 8.09. The van der Waals surface area contributed by atoms with Crippen molar-refractivity contribution in [2.75, 3.05) is 7.05 Å². The van der Waals surface area contributed by atoms with E-state index < -0.39 is 0 Å². The van der Waals surface area contributed by atoms with Gasteiger partial charge in [-0.25, -0.2) is 4.98 Å². The van der Waals surface area contributed by atoms with Crippen molar-refractivity contribution < 1.29 is 4.79 Å². The molecule has 0 saturated carbocycles. The Morgan fingerprint density at radius 3 is 2.77 bits per heavy atom. The van der Waals surface area contributed by atoms with E-state index in [1.807, 2.05) is 23.7 Å². The number of carbonyl (C=O) groups excluding carboxylic acids is 1. The van der Waals surface area contributed by atoms with Gasteiger partial charge in [-0.3, -0.25) is 9.69 Å². The number of halogens is 1. The van der Waals surface area contributed by atoms with Crippen LogP contribution in [0.5, 0.6) is 0 Å². The number of benzene rings is 1. The highest BCUT2D eigenvalue weighted by atomic mass is 35.5. The van der Waals surface area contributed by atoms with E-state index in [1.54, 1.807) is 13.2 Å². The van der Waals surface area contributed by atoms with E-state index in [2.05, 4.69) is 27.3 Å². The van der Waals surface area contributed by atoms with Gasteiger partial charge in [0.1, 0.15) is 11.0 Å². The normalized spacial score (nSPS) is 18.0. The quantitative estimate of drug-likeness (QED) is 0.938. The van der Waals surface area contributed by atoms with Crippen LogP contribution >= 0.6 is 11.6 Å². The lowest BCUT2D eigenvalue weighted by atomic mass is 9.93. The summed E-state index contributed by atoms with van der Waals surface area (Å²) in [5.41, 5.74) is 2.51. The standard InChI is InChI=1S/C16H19ClN4O/c1-18-16(22)13-7-11-5-3-4-6-12(11)9-21(13)10-15-19-8-14(17)20(15)2/h3-6,8,13H,7,9-10H2,1-2H3,(H,18,22)/t13-/m1/s1. The molecule has 1 amide bonds. The average Bonchev–Trinajstić information content (AvgIpc) is 2.85. The van der Waals surface area contributed by atoms with Crippen molar-refractivity contribution in [1.82, 2.24) is 19.8 Å². The van der Waals surface area contributed by atoms with E-state index in [0.717, 1.165) is 12.4 Å². The van der Waals surface area contributed by atoms with Crippen LogP contribution in [0, 0.1) is 0 Å². The average molecular weight is 319 g/mol. The van der Waals surface area contributed by atoms with E-state index in [1.165, 1.54) is 11.1 Å². The van der Waals surface area contributed by atoms with Crippen molar-refractivity contribution in [3.05, 3.63) is 52.6 Å². The molecule has 0 spiro atoms. The molecule has 1 aliphatic rings. The minimum atomic E-state index is -0.185. The van der Waals surface area contributed by atoms with Crippen molar-refractivity contribution in [3.63, 3.8) is 0 Å². The second kappa shape index (κ2) is 6.10. The highest BCUT2D eigenvalue weighted by Crippen LogP contribution is 2.25. The Morgan fingerprint density at radius 1 is 1.41 bits per heavy atom. The van der Waals surface area contributed by atoms with Crippen molar-refractivity contribution in [3.8, 4) is 0 Å². The smallest absolute Gasteiger partial charge is 0.237 e. The van der Waals surface area contributed by atoms with Gasteiger partial charge in [-0.1, -0.05) is 35.9 Å². The molecule has 1 aromatic heterocycles. The van der Waals surface area contributed by atoms with Crippen LogP contribution in [0.3, 0.4) is 0 Å². The minimum absolute atomic E-state index is 0.0369. The first-order valence-corrected chi connectivity index (χ1v) is 7.66. The summed E-state index contributed by atoms with van der Waals surface area (Å²) in [4.78, 5) is 18.8. The van der Waals surface area contributed by atoms with E-state index >= 15 is 0 Å². The molecule has 0 bridgehead atoms. The van der Waals surface area contributed by atoms with Gasteiger partial charge in [0, 0.05) is 20.6 Å². The van der Waals surface area contributed by atoms with Crippen molar-refractivity contribution in [2.24, 2.45) is 7.05 Å². The molecule has 2 heterocycles. The number of rotatable bonds is 3. The van der Waals surface area contributed by atoms with Crippen LogP contribution in [-0.4, -0.2) is 33.4 Å². The summed E-state index contributed by atoms with van der Waals surface area (Å²) >= 11 is 6.06. The maximum Gasteiger partial charge on any atom is 0.237 e. The van der Waals surface area contributed by atoms with Crippen LogP contribution in [0.4, 0.5) is 0 Å². The van der Waals surface area contributed by atoms with E-state index in [4.69, 9.17) is 11.6 Å². The zero-order valence-electron chi connectivity index (χ0n) is 12.7. The molecule has 3 rings (SSSR count). The molecule has 1 aliphatic heterocycles. The predicted octanol–water partition coefficient (Wildman–Crippen LogP) is 1.75. The molecular weight excluding hydrogens is 300 g/mol. The van der Waals surface area contributed by atoms with Crippen LogP contribution in [0.15, 0.2) is 30.5 Å². The topological polar surface area (TPSA) is 50.2 Å². The zero-order chi connectivity index (χ0) is 15.7. The first-order valence-electron chi connectivity index (χ1n) is 7.28. The highest BCUT2D eigenvalue weighted by molar-refractivity contribution is 6.29. The Labute approximate surface area is 134 Å². The third-order valence-corrected chi connectivity index (χ3v) is 4.62. The van der Waals surface area contributed by atoms with Gasteiger partial charge in [0.25, 0.3) is 0 Å². The highest BCUT2D eigenvalue weighted by Gasteiger charge is 2.31. The van der Waals surface area contributed by atoms with Gasteiger partial charge in [0.2, 0.25) is 5.91 Å². The van der Waals surface area contributed by atoms with Crippen LogP contribution in [0.25, 0.3) is 0 Å². The Balaban J connectivity index is 1.89. The van der Waals surface area contributed by atoms with Gasteiger partial charge in [-0.2, -0.15) is 0 Å². The number of nitrogens with zero attached hydrogens (tertiary/aromatic N) is 3. The molecule has 0 aliphatic carbocycles. The molecule has 2 aromatic rings. The molecule has 0 fully saturated rings. The molecule has 6 heteroatoms. The maximum atomic E-state index is 12.3. The van der Waals surface area contributed by atoms with Gasteiger partial charge >= 0.3 is 0 Å². The number of hydrogen-bond donors (Lipinski definition) is 1. The summed E-state index contributed by atoms with van der Waals surface area (Å²) in [6.07, 6.45) is 2.36. The summed E-state index contributed by atoms with van der Waals surface area (Å²) in [5, 5.41) is 3.37. The monoisotopic (exact) mass is 318 g/mol. The Bertz CT molecular complexity index is 697. The van der Waals surface area contributed by atoms with Gasteiger partial charge < -0.3 is 9.88 Å². The molecule has 116 valence electrons. The minimum Gasteiger partial charge on any atom is -0.358 e. The number of carbonyl (C=O) groups is 1. The van der Waals surface area contributed by atoms with E-state index in [9.17, 15) is 4.79 Å². The second-order valence-electron chi connectivity index (χ2n) is 5.56. The first kappa shape index (κ1) is 15.1. The Kier molecular flexibility index (Phi) is 4.18. The largest absolute Gasteiger partial charge is 0.358 e. The van der Waals surface area contributed by atoms with Gasteiger partial charge in [0.05, 0.1) is 18.8 Å². The van der Waals surface area contributed by atoms with Crippen LogP contribution in [0.1, 0.15) is 17.0 Å². The van der Waals surface area contributed by atoms with Crippen molar-refractivity contribution in [1.29, 1.82) is 0 Å². The maximum absolute atomic E-state index is 12.3. The third kappa shape index (κ3) is 2.74.